The van der Waals surface area contributed by atoms with Crippen LogP contribution in [0.2, 0.25) is 18.1 Å². The molecule has 1 N–H and O–H groups in total. The molecule has 1 fully saturated rings. The highest BCUT2D eigenvalue weighted by Crippen LogP contribution is 2.37. The standard InChI is InChI=1S/C23H33FN4O2Si/c1-23(2,3)31(4,5)30-19-7-8-20(25-16-19)27-22(29)14-17-10-12-28(13-11-17)21-9-6-18(24)15-26-21/h6-9,15-17H,10-14H2,1-5H3,(H,25,27,29). The van der Waals surface area contributed by atoms with Crippen molar-refractivity contribution < 1.29 is 13.6 Å². The van der Waals surface area contributed by atoms with Crippen LogP contribution >= 0.6 is 0 Å². The van der Waals surface area contributed by atoms with Crippen molar-refractivity contribution in [2.45, 2.75) is 58.2 Å². The van der Waals surface area contributed by atoms with E-state index in [2.05, 4.69) is 54.0 Å². The predicted molar refractivity (Wildman–Crippen MR) is 124 cm³/mol. The van der Waals surface area contributed by atoms with E-state index < -0.39 is 8.32 Å². The number of nitrogens with zero attached hydrogens (tertiary/aromatic N) is 3. The Kier molecular flexibility index (Phi) is 6.98. The minimum atomic E-state index is -1.91. The molecule has 6 nitrogen and oxygen atoms in total. The number of anilines is 2. The zero-order chi connectivity index (χ0) is 22.6. The molecule has 1 aliphatic rings. The fourth-order valence-corrected chi connectivity index (χ4v) is 4.36. The molecule has 0 atom stereocenters. The Labute approximate surface area is 185 Å². The molecule has 0 spiro atoms. The fraction of sp³-hybridized carbons (Fsp3) is 0.522. The summed E-state index contributed by atoms with van der Waals surface area (Å²) < 4.78 is 19.3. The van der Waals surface area contributed by atoms with Crippen LogP contribution in [0.3, 0.4) is 0 Å². The third-order valence-corrected chi connectivity index (χ3v) is 10.7. The van der Waals surface area contributed by atoms with Gasteiger partial charge in [-0.1, -0.05) is 20.8 Å². The molecule has 0 unspecified atom stereocenters. The summed E-state index contributed by atoms with van der Waals surface area (Å²) in [6, 6.07) is 6.80. The molecule has 8 heteroatoms. The van der Waals surface area contributed by atoms with E-state index in [4.69, 9.17) is 4.43 Å². The molecule has 1 amide bonds. The number of rotatable bonds is 6. The van der Waals surface area contributed by atoms with Crippen LogP contribution in [0.25, 0.3) is 0 Å². The number of piperidine rings is 1. The van der Waals surface area contributed by atoms with Gasteiger partial charge in [0.05, 0.1) is 12.4 Å². The number of carbonyl (C=O) groups excluding carboxylic acids is 1. The number of amides is 1. The van der Waals surface area contributed by atoms with Gasteiger partial charge < -0.3 is 14.6 Å². The third kappa shape index (κ3) is 6.26. The molecule has 168 valence electrons. The van der Waals surface area contributed by atoms with Gasteiger partial charge in [0, 0.05) is 19.5 Å². The monoisotopic (exact) mass is 444 g/mol. The van der Waals surface area contributed by atoms with E-state index in [9.17, 15) is 9.18 Å². The summed E-state index contributed by atoms with van der Waals surface area (Å²) in [7, 11) is -1.91. The Bertz CT molecular complexity index is 874. The molecule has 1 saturated heterocycles. The number of aromatic nitrogens is 2. The topological polar surface area (TPSA) is 67.3 Å². The molecule has 31 heavy (non-hydrogen) atoms. The van der Waals surface area contributed by atoms with E-state index in [0.29, 0.717) is 18.2 Å². The average Bonchev–Trinajstić information content (AvgIpc) is 2.70. The summed E-state index contributed by atoms with van der Waals surface area (Å²) in [6.07, 6.45) is 5.20. The number of carbonyl (C=O) groups is 1. The lowest BCUT2D eigenvalue weighted by Crippen LogP contribution is -2.43. The van der Waals surface area contributed by atoms with Crippen molar-refractivity contribution in [3.63, 3.8) is 0 Å². The summed E-state index contributed by atoms with van der Waals surface area (Å²) in [4.78, 5) is 23.1. The first-order valence-electron chi connectivity index (χ1n) is 10.8. The number of nitrogens with one attached hydrogen (secondary N) is 1. The Morgan fingerprint density at radius 3 is 2.42 bits per heavy atom. The van der Waals surface area contributed by atoms with Gasteiger partial charge in [0.15, 0.2) is 0 Å². The molecule has 0 aliphatic carbocycles. The highest BCUT2D eigenvalue weighted by Gasteiger charge is 2.39. The lowest BCUT2D eigenvalue weighted by molar-refractivity contribution is -0.117. The second-order valence-electron chi connectivity index (χ2n) is 9.76. The van der Waals surface area contributed by atoms with Crippen LogP contribution in [-0.2, 0) is 4.79 Å². The second-order valence-corrected chi connectivity index (χ2v) is 14.5. The van der Waals surface area contributed by atoms with Gasteiger partial charge in [-0.3, -0.25) is 4.79 Å². The minimum absolute atomic E-state index is 0.0241. The molecular formula is C23H33FN4O2Si. The molecule has 0 radical (unpaired) electrons. The quantitative estimate of drug-likeness (QED) is 0.617. The summed E-state index contributed by atoms with van der Waals surface area (Å²) in [5, 5.41) is 3.01. The first kappa shape index (κ1) is 23.2. The molecule has 1 aliphatic heterocycles. The smallest absolute Gasteiger partial charge is 0.250 e. The molecule has 3 heterocycles. The second kappa shape index (κ2) is 9.34. The van der Waals surface area contributed by atoms with Crippen molar-refractivity contribution in [1.82, 2.24) is 9.97 Å². The lowest BCUT2D eigenvalue weighted by atomic mass is 9.93. The predicted octanol–water partition coefficient (Wildman–Crippen LogP) is 5.24. The van der Waals surface area contributed by atoms with Crippen LogP contribution < -0.4 is 14.6 Å². The molecule has 0 saturated carbocycles. The maximum atomic E-state index is 13.0. The van der Waals surface area contributed by atoms with Crippen LogP contribution in [0, 0.1) is 11.7 Å². The minimum Gasteiger partial charge on any atom is -0.542 e. The molecule has 2 aromatic heterocycles. The van der Waals surface area contributed by atoms with Gasteiger partial charge in [-0.25, -0.2) is 14.4 Å². The van der Waals surface area contributed by atoms with E-state index in [0.717, 1.165) is 37.5 Å². The Morgan fingerprint density at radius 1 is 1.16 bits per heavy atom. The molecule has 0 aromatic carbocycles. The van der Waals surface area contributed by atoms with E-state index >= 15 is 0 Å². The first-order valence-corrected chi connectivity index (χ1v) is 13.8. The van der Waals surface area contributed by atoms with Gasteiger partial charge in [0.25, 0.3) is 8.32 Å². The van der Waals surface area contributed by atoms with Gasteiger partial charge in [0.2, 0.25) is 5.91 Å². The molecular weight excluding hydrogens is 411 g/mol. The first-order chi connectivity index (χ1) is 14.5. The van der Waals surface area contributed by atoms with Crippen molar-refractivity contribution in [2.24, 2.45) is 5.92 Å². The van der Waals surface area contributed by atoms with Crippen LogP contribution in [0.1, 0.15) is 40.0 Å². The zero-order valence-corrected chi connectivity index (χ0v) is 20.1. The van der Waals surface area contributed by atoms with Crippen molar-refractivity contribution in [1.29, 1.82) is 0 Å². The maximum Gasteiger partial charge on any atom is 0.250 e. The summed E-state index contributed by atoms with van der Waals surface area (Å²) in [5.74, 6) is 2.03. The van der Waals surface area contributed by atoms with Gasteiger partial charge in [-0.05, 0) is 61.2 Å². The summed E-state index contributed by atoms with van der Waals surface area (Å²) in [6.45, 7) is 12.6. The highest BCUT2D eigenvalue weighted by molar-refractivity contribution is 6.74. The Morgan fingerprint density at radius 2 is 1.87 bits per heavy atom. The van der Waals surface area contributed by atoms with Gasteiger partial charge in [0.1, 0.15) is 23.2 Å². The fourth-order valence-electron chi connectivity index (χ4n) is 3.34. The average molecular weight is 445 g/mol. The van der Waals surface area contributed by atoms with Gasteiger partial charge >= 0.3 is 0 Å². The summed E-state index contributed by atoms with van der Waals surface area (Å²) in [5.41, 5.74) is 0. The Balaban J connectivity index is 1.46. The normalized spacial score (nSPS) is 15.6. The van der Waals surface area contributed by atoms with Gasteiger partial charge in [-0.2, -0.15) is 0 Å². The van der Waals surface area contributed by atoms with Gasteiger partial charge in [-0.15, -0.1) is 0 Å². The largest absolute Gasteiger partial charge is 0.542 e. The van der Waals surface area contributed by atoms with Crippen molar-refractivity contribution in [3.05, 3.63) is 42.5 Å². The van der Waals surface area contributed by atoms with Crippen molar-refractivity contribution in [3.8, 4) is 5.75 Å². The number of hydrogen-bond donors (Lipinski definition) is 1. The molecule has 2 aromatic rings. The lowest BCUT2D eigenvalue weighted by Gasteiger charge is -2.36. The van der Waals surface area contributed by atoms with E-state index in [-0.39, 0.29) is 16.8 Å². The number of halogens is 1. The van der Waals surface area contributed by atoms with E-state index in [1.54, 1.807) is 18.3 Å². The third-order valence-electron chi connectivity index (χ3n) is 6.31. The molecule has 3 rings (SSSR count). The van der Waals surface area contributed by atoms with Crippen molar-refractivity contribution in [2.75, 3.05) is 23.3 Å². The number of hydrogen-bond acceptors (Lipinski definition) is 5. The molecule has 0 bridgehead atoms. The van der Waals surface area contributed by atoms with Crippen molar-refractivity contribution >= 4 is 25.9 Å². The summed E-state index contributed by atoms with van der Waals surface area (Å²) >= 11 is 0. The zero-order valence-electron chi connectivity index (χ0n) is 19.1. The number of pyridine rings is 2. The van der Waals surface area contributed by atoms with E-state index in [1.165, 1.54) is 12.3 Å². The van der Waals surface area contributed by atoms with Crippen LogP contribution in [-0.4, -0.2) is 37.3 Å². The highest BCUT2D eigenvalue weighted by atomic mass is 28.4. The van der Waals surface area contributed by atoms with Crippen LogP contribution in [0.15, 0.2) is 36.7 Å². The maximum absolute atomic E-state index is 13.0. The van der Waals surface area contributed by atoms with Crippen LogP contribution in [0.4, 0.5) is 16.0 Å². The SMILES string of the molecule is CC(C)(C)[Si](C)(C)Oc1ccc(NC(=O)CC2CCN(c3ccc(F)cn3)CC2)nc1. The van der Waals surface area contributed by atoms with Crippen LogP contribution in [0.5, 0.6) is 5.75 Å². The van der Waals surface area contributed by atoms with E-state index in [1.807, 2.05) is 6.07 Å². The Hall–Kier alpha value is -2.48.